The smallest absolute Gasteiger partial charge is 0.149 e. The lowest BCUT2D eigenvalue weighted by atomic mass is 10.0. The average molecular weight is 238 g/mol. The van der Waals surface area contributed by atoms with E-state index < -0.39 is 0 Å². The van der Waals surface area contributed by atoms with E-state index >= 15 is 0 Å². The molecule has 2 atom stereocenters. The van der Waals surface area contributed by atoms with Crippen molar-refractivity contribution in [3.05, 3.63) is 0 Å². The zero-order chi connectivity index (χ0) is 12.3. The minimum Gasteiger partial charge on any atom is -0.299 e. The molecule has 17 heavy (non-hydrogen) atoms. The fourth-order valence-electron chi connectivity index (χ4n) is 3.03. The highest BCUT2D eigenvalue weighted by Gasteiger charge is 2.29. The maximum Gasteiger partial charge on any atom is 0.149 e. The molecule has 0 amide bonds. The van der Waals surface area contributed by atoms with Crippen LogP contribution in [0.2, 0.25) is 0 Å². The van der Waals surface area contributed by atoms with E-state index in [1.807, 2.05) is 0 Å². The van der Waals surface area contributed by atoms with Crippen molar-refractivity contribution in [3.8, 4) is 0 Å². The van der Waals surface area contributed by atoms with Gasteiger partial charge in [-0.15, -0.1) is 0 Å². The summed E-state index contributed by atoms with van der Waals surface area (Å²) in [5.74, 6) is 0.664. The molecule has 98 valence electrons. The van der Waals surface area contributed by atoms with Crippen molar-refractivity contribution < 1.29 is 4.79 Å². The molecule has 2 saturated heterocycles. The first-order valence-electron chi connectivity index (χ1n) is 7.19. The number of rotatable bonds is 4. The summed E-state index contributed by atoms with van der Waals surface area (Å²) < 4.78 is 0. The number of fused-ring (bicyclic) bond motifs is 1. The Labute approximate surface area is 105 Å². The molecule has 2 aliphatic rings. The van der Waals surface area contributed by atoms with Crippen LogP contribution in [0.5, 0.6) is 0 Å². The Hall–Kier alpha value is -0.410. The number of ketones is 1. The Balaban J connectivity index is 1.86. The molecule has 0 spiro atoms. The van der Waals surface area contributed by atoms with Gasteiger partial charge in [0.05, 0.1) is 6.54 Å². The van der Waals surface area contributed by atoms with Gasteiger partial charge in [-0.3, -0.25) is 14.6 Å². The summed E-state index contributed by atoms with van der Waals surface area (Å²) in [6.07, 6.45) is 4.87. The summed E-state index contributed by atoms with van der Waals surface area (Å²) in [6, 6.07) is 0.724. The van der Waals surface area contributed by atoms with Crippen LogP contribution in [0.25, 0.3) is 0 Å². The highest BCUT2D eigenvalue weighted by molar-refractivity contribution is 5.82. The Morgan fingerprint density at radius 3 is 2.82 bits per heavy atom. The summed E-state index contributed by atoms with van der Waals surface area (Å²) in [4.78, 5) is 17.0. The molecule has 2 fully saturated rings. The fourth-order valence-corrected chi connectivity index (χ4v) is 3.03. The molecule has 0 aromatic carbocycles. The van der Waals surface area contributed by atoms with Crippen molar-refractivity contribution >= 4 is 5.78 Å². The molecule has 0 aromatic heterocycles. The van der Waals surface area contributed by atoms with Gasteiger partial charge in [0.15, 0.2) is 0 Å². The fraction of sp³-hybridized carbons (Fsp3) is 0.929. The van der Waals surface area contributed by atoms with Crippen molar-refractivity contribution in [2.24, 2.45) is 5.92 Å². The van der Waals surface area contributed by atoms with Gasteiger partial charge in [-0.05, 0) is 45.3 Å². The molecule has 0 bridgehead atoms. The Morgan fingerprint density at radius 2 is 2.06 bits per heavy atom. The molecule has 2 aliphatic heterocycles. The summed E-state index contributed by atoms with van der Waals surface area (Å²) in [5, 5.41) is 0. The lowest BCUT2D eigenvalue weighted by molar-refractivity contribution is -0.123. The first-order chi connectivity index (χ1) is 8.20. The van der Waals surface area contributed by atoms with E-state index in [-0.39, 0.29) is 5.92 Å². The van der Waals surface area contributed by atoms with Crippen LogP contribution in [0.1, 0.15) is 39.5 Å². The maximum absolute atomic E-state index is 12.0. The van der Waals surface area contributed by atoms with Gasteiger partial charge in [-0.1, -0.05) is 13.8 Å². The van der Waals surface area contributed by atoms with Crippen molar-refractivity contribution in [2.75, 3.05) is 32.7 Å². The first kappa shape index (κ1) is 13.0. The van der Waals surface area contributed by atoms with E-state index in [0.29, 0.717) is 12.3 Å². The predicted molar refractivity (Wildman–Crippen MR) is 70.1 cm³/mol. The van der Waals surface area contributed by atoms with Gasteiger partial charge in [-0.2, -0.15) is 0 Å². The molecule has 0 saturated carbocycles. The number of carbonyl (C=O) groups is 1. The number of hydrogen-bond acceptors (Lipinski definition) is 3. The SMILES string of the molecule is CCC(C)C(=O)CN1CCCN2CCCC2C1. The molecule has 2 rings (SSSR count). The van der Waals surface area contributed by atoms with Gasteiger partial charge in [0.1, 0.15) is 5.78 Å². The molecule has 0 aliphatic carbocycles. The van der Waals surface area contributed by atoms with Crippen LogP contribution in [0, 0.1) is 5.92 Å². The predicted octanol–water partition coefficient (Wildman–Crippen LogP) is 1.77. The number of Topliss-reactive ketones (excluding diaryl/α,β-unsaturated/α-hetero) is 1. The van der Waals surface area contributed by atoms with Crippen LogP contribution in [-0.2, 0) is 4.79 Å². The number of nitrogens with zero attached hydrogens (tertiary/aromatic N) is 2. The van der Waals surface area contributed by atoms with Crippen LogP contribution in [0.15, 0.2) is 0 Å². The molecule has 3 heteroatoms. The van der Waals surface area contributed by atoms with E-state index in [2.05, 4.69) is 23.6 Å². The van der Waals surface area contributed by atoms with Crippen molar-refractivity contribution in [1.82, 2.24) is 9.80 Å². The Morgan fingerprint density at radius 1 is 1.29 bits per heavy atom. The summed E-state index contributed by atoms with van der Waals surface area (Å²) in [5.41, 5.74) is 0. The van der Waals surface area contributed by atoms with E-state index in [1.165, 1.54) is 32.4 Å². The summed E-state index contributed by atoms with van der Waals surface area (Å²) in [7, 11) is 0. The molecule has 3 nitrogen and oxygen atoms in total. The van der Waals surface area contributed by atoms with Crippen LogP contribution < -0.4 is 0 Å². The van der Waals surface area contributed by atoms with Crippen LogP contribution in [0.3, 0.4) is 0 Å². The Bertz CT molecular complexity index is 267. The molecule has 2 unspecified atom stereocenters. The monoisotopic (exact) mass is 238 g/mol. The van der Waals surface area contributed by atoms with Gasteiger partial charge < -0.3 is 0 Å². The van der Waals surface area contributed by atoms with Gasteiger partial charge >= 0.3 is 0 Å². The standard InChI is InChI=1S/C14H26N2O/c1-3-12(2)14(17)11-15-7-5-9-16-8-4-6-13(16)10-15/h12-13H,3-11H2,1-2H3. The van der Waals surface area contributed by atoms with Crippen molar-refractivity contribution in [2.45, 2.75) is 45.6 Å². The quantitative estimate of drug-likeness (QED) is 0.746. The van der Waals surface area contributed by atoms with E-state index in [1.54, 1.807) is 0 Å². The van der Waals surface area contributed by atoms with Gasteiger partial charge in [0.2, 0.25) is 0 Å². The van der Waals surface area contributed by atoms with Gasteiger partial charge in [0.25, 0.3) is 0 Å². The third-order valence-electron chi connectivity index (χ3n) is 4.43. The molecular weight excluding hydrogens is 212 g/mol. The van der Waals surface area contributed by atoms with Crippen LogP contribution in [-0.4, -0.2) is 54.3 Å². The lowest BCUT2D eigenvalue weighted by Gasteiger charge is -2.25. The third-order valence-corrected chi connectivity index (χ3v) is 4.43. The highest BCUT2D eigenvalue weighted by atomic mass is 16.1. The minimum atomic E-state index is 0.234. The molecule has 2 heterocycles. The van der Waals surface area contributed by atoms with Crippen molar-refractivity contribution in [1.29, 1.82) is 0 Å². The molecule has 0 N–H and O–H groups in total. The van der Waals surface area contributed by atoms with Gasteiger partial charge in [0, 0.05) is 18.5 Å². The lowest BCUT2D eigenvalue weighted by Crippen LogP contribution is -2.39. The average Bonchev–Trinajstić information content (AvgIpc) is 2.67. The minimum absolute atomic E-state index is 0.234. The van der Waals surface area contributed by atoms with E-state index in [0.717, 1.165) is 25.6 Å². The molecular formula is C14H26N2O. The summed E-state index contributed by atoms with van der Waals surface area (Å²) in [6.45, 7) is 9.57. The first-order valence-corrected chi connectivity index (χ1v) is 7.19. The Kier molecular flexibility index (Phi) is 4.57. The van der Waals surface area contributed by atoms with Crippen LogP contribution >= 0.6 is 0 Å². The normalized spacial score (nSPS) is 28.7. The summed E-state index contributed by atoms with van der Waals surface area (Å²) >= 11 is 0. The second-order valence-corrected chi connectivity index (χ2v) is 5.70. The molecule has 0 radical (unpaired) electrons. The highest BCUT2D eigenvalue weighted by Crippen LogP contribution is 2.21. The van der Waals surface area contributed by atoms with Crippen LogP contribution in [0.4, 0.5) is 0 Å². The van der Waals surface area contributed by atoms with E-state index in [4.69, 9.17) is 0 Å². The topological polar surface area (TPSA) is 23.6 Å². The van der Waals surface area contributed by atoms with Crippen molar-refractivity contribution in [3.63, 3.8) is 0 Å². The number of carbonyl (C=O) groups excluding carboxylic acids is 1. The second kappa shape index (κ2) is 5.96. The largest absolute Gasteiger partial charge is 0.299 e. The zero-order valence-electron chi connectivity index (χ0n) is 11.3. The molecule has 0 aromatic rings. The number of hydrogen-bond donors (Lipinski definition) is 0. The van der Waals surface area contributed by atoms with E-state index in [9.17, 15) is 4.79 Å². The second-order valence-electron chi connectivity index (χ2n) is 5.70. The van der Waals surface area contributed by atoms with Gasteiger partial charge in [-0.25, -0.2) is 0 Å². The third kappa shape index (κ3) is 3.29. The zero-order valence-corrected chi connectivity index (χ0v) is 11.3. The maximum atomic E-state index is 12.0.